The van der Waals surface area contributed by atoms with Gasteiger partial charge in [0.05, 0.1) is 13.2 Å². The number of rotatable bonds is 41. The van der Waals surface area contributed by atoms with Crippen LogP contribution in [0.25, 0.3) is 0 Å². The molecule has 56 heavy (non-hydrogen) atoms. The van der Waals surface area contributed by atoms with E-state index in [0.29, 0.717) is 55.8 Å². The quantitative estimate of drug-likeness (QED) is 0.0380. The van der Waals surface area contributed by atoms with Crippen LogP contribution in [0.2, 0.25) is 0 Å². The maximum absolute atomic E-state index is 12.5. The summed E-state index contributed by atoms with van der Waals surface area (Å²) in [5.74, 6) is 1.12. The first kappa shape index (κ1) is 51.6. The highest BCUT2D eigenvalue weighted by Gasteiger charge is 2.19. The zero-order valence-electron chi connectivity index (χ0n) is 37.1. The van der Waals surface area contributed by atoms with Gasteiger partial charge in [-0.05, 0) is 82.8 Å². The summed E-state index contributed by atoms with van der Waals surface area (Å²) in [6.07, 6.45) is 30.9. The highest BCUT2D eigenvalue weighted by Crippen LogP contribution is 2.21. The molecule has 326 valence electrons. The summed E-state index contributed by atoms with van der Waals surface area (Å²) >= 11 is 0. The number of ether oxygens (including phenoxy) is 2. The molecule has 1 aromatic rings. The second-order valence-corrected chi connectivity index (χ2v) is 16.5. The van der Waals surface area contributed by atoms with Gasteiger partial charge in [-0.2, -0.15) is 0 Å². The van der Waals surface area contributed by atoms with E-state index in [-0.39, 0.29) is 11.9 Å². The lowest BCUT2D eigenvalue weighted by Gasteiger charge is -2.23. The standard InChI is InChI=1S/C47H87N3O6/c1-6-10-20-29-41(30-21-11-7-2)39-56-43(52)32-23-17-15-19-25-36-50(37-26-34-49-45-44(48-5)46(53)47(45)54)35-24-18-14-16-22-31-42(51)55-38-33-40(27-12-8-3)28-13-9-4/h40-41,48-49H,6-39H2,1-5H3. The lowest BCUT2D eigenvalue weighted by atomic mass is 9.93. The van der Waals surface area contributed by atoms with Crippen LogP contribution in [0.1, 0.15) is 207 Å². The maximum Gasteiger partial charge on any atom is 0.305 e. The molecule has 9 heteroatoms. The molecule has 0 amide bonds. The Hall–Kier alpha value is -2.42. The van der Waals surface area contributed by atoms with Gasteiger partial charge >= 0.3 is 11.9 Å². The topological polar surface area (TPSA) is 114 Å². The van der Waals surface area contributed by atoms with Crippen LogP contribution < -0.4 is 21.5 Å². The summed E-state index contributed by atoms with van der Waals surface area (Å²) in [4.78, 5) is 51.0. The average Bonchev–Trinajstić information content (AvgIpc) is 3.20. The van der Waals surface area contributed by atoms with Crippen molar-refractivity contribution in [2.45, 2.75) is 207 Å². The minimum absolute atomic E-state index is 0.0321. The van der Waals surface area contributed by atoms with Gasteiger partial charge in [0.2, 0.25) is 0 Å². The number of carbonyl (C=O) groups excluding carboxylic acids is 2. The normalized spacial score (nSPS) is 11.6. The zero-order valence-corrected chi connectivity index (χ0v) is 37.1. The van der Waals surface area contributed by atoms with Crippen molar-refractivity contribution < 1.29 is 19.1 Å². The Morgan fingerprint density at radius 2 is 0.982 bits per heavy atom. The molecule has 0 aromatic heterocycles. The Morgan fingerprint density at radius 1 is 0.518 bits per heavy atom. The minimum Gasteiger partial charge on any atom is -0.466 e. The van der Waals surface area contributed by atoms with Crippen molar-refractivity contribution in [3.05, 3.63) is 20.4 Å². The van der Waals surface area contributed by atoms with Crippen molar-refractivity contribution >= 4 is 23.3 Å². The number of esters is 2. The van der Waals surface area contributed by atoms with Crippen molar-refractivity contribution in [1.82, 2.24) is 4.90 Å². The second-order valence-electron chi connectivity index (χ2n) is 16.5. The largest absolute Gasteiger partial charge is 0.466 e. The third-order valence-electron chi connectivity index (χ3n) is 11.5. The van der Waals surface area contributed by atoms with E-state index in [1.54, 1.807) is 7.05 Å². The van der Waals surface area contributed by atoms with Gasteiger partial charge in [0.1, 0.15) is 11.4 Å². The maximum atomic E-state index is 12.5. The van der Waals surface area contributed by atoms with Crippen LogP contribution in [0.5, 0.6) is 0 Å². The molecule has 0 fully saturated rings. The second kappa shape index (κ2) is 35.7. The fourth-order valence-corrected chi connectivity index (χ4v) is 7.71. The molecule has 1 rings (SSSR count). The van der Waals surface area contributed by atoms with Gasteiger partial charge in [0.15, 0.2) is 0 Å². The van der Waals surface area contributed by atoms with Crippen LogP contribution in [0.3, 0.4) is 0 Å². The Kier molecular flexibility index (Phi) is 32.9. The minimum atomic E-state index is -0.441. The van der Waals surface area contributed by atoms with E-state index in [2.05, 4.69) is 43.2 Å². The number of unbranched alkanes of at least 4 members (excludes halogenated alkanes) is 14. The first-order valence-electron chi connectivity index (χ1n) is 23.6. The van der Waals surface area contributed by atoms with Crippen LogP contribution >= 0.6 is 0 Å². The predicted octanol–water partition coefficient (Wildman–Crippen LogP) is 11.4. The monoisotopic (exact) mass is 790 g/mol. The Balaban J connectivity index is 2.35. The van der Waals surface area contributed by atoms with Gasteiger partial charge < -0.3 is 25.0 Å². The van der Waals surface area contributed by atoms with E-state index in [4.69, 9.17) is 9.47 Å². The van der Waals surface area contributed by atoms with E-state index in [0.717, 1.165) is 96.7 Å². The molecule has 0 saturated carbocycles. The third kappa shape index (κ3) is 25.8. The molecule has 0 radical (unpaired) electrons. The van der Waals surface area contributed by atoms with Crippen molar-refractivity contribution in [1.29, 1.82) is 0 Å². The molecular formula is C47H87N3O6. The van der Waals surface area contributed by atoms with Crippen molar-refractivity contribution in [3.63, 3.8) is 0 Å². The van der Waals surface area contributed by atoms with Gasteiger partial charge in [0, 0.05) is 26.4 Å². The van der Waals surface area contributed by atoms with Crippen molar-refractivity contribution in [3.8, 4) is 0 Å². The molecule has 2 N–H and O–H groups in total. The molecule has 0 aliphatic carbocycles. The molecule has 0 spiro atoms. The number of hydrogen-bond acceptors (Lipinski definition) is 9. The van der Waals surface area contributed by atoms with E-state index in [1.807, 2.05) is 0 Å². The average molecular weight is 790 g/mol. The number of nitrogens with one attached hydrogen (secondary N) is 2. The van der Waals surface area contributed by atoms with Crippen molar-refractivity contribution in [2.75, 3.05) is 57.1 Å². The molecule has 0 unspecified atom stereocenters. The van der Waals surface area contributed by atoms with E-state index in [1.165, 1.54) is 89.9 Å². The van der Waals surface area contributed by atoms with Crippen LogP contribution in [0.4, 0.5) is 11.4 Å². The van der Waals surface area contributed by atoms with Gasteiger partial charge in [-0.25, -0.2) is 0 Å². The lowest BCUT2D eigenvalue weighted by Crippen LogP contribution is -2.37. The summed E-state index contributed by atoms with van der Waals surface area (Å²) in [7, 11) is 1.67. The number of anilines is 2. The van der Waals surface area contributed by atoms with Gasteiger partial charge in [-0.3, -0.25) is 19.2 Å². The van der Waals surface area contributed by atoms with Crippen LogP contribution in [-0.2, 0) is 19.1 Å². The van der Waals surface area contributed by atoms with Crippen molar-refractivity contribution in [2.24, 2.45) is 11.8 Å². The Morgan fingerprint density at radius 3 is 1.52 bits per heavy atom. The number of hydrogen-bond donors (Lipinski definition) is 2. The smallest absolute Gasteiger partial charge is 0.305 e. The van der Waals surface area contributed by atoms with Crippen LogP contribution in [-0.4, -0.2) is 63.3 Å². The number of carbonyl (C=O) groups is 2. The zero-order chi connectivity index (χ0) is 41.1. The summed E-state index contributed by atoms with van der Waals surface area (Å²) in [6.45, 7) is 13.8. The van der Waals surface area contributed by atoms with Gasteiger partial charge in [0.25, 0.3) is 10.9 Å². The molecule has 1 aromatic carbocycles. The molecule has 0 aliphatic heterocycles. The first-order chi connectivity index (χ1) is 27.3. The Labute approximate surface area is 343 Å². The summed E-state index contributed by atoms with van der Waals surface area (Å²) < 4.78 is 11.3. The summed E-state index contributed by atoms with van der Waals surface area (Å²) in [5, 5.41) is 6.00. The lowest BCUT2D eigenvalue weighted by molar-refractivity contribution is -0.145. The van der Waals surface area contributed by atoms with Gasteiger partial charge in [-0.1, -0.05) is 143 Å². The molecule has 0 atom stereocenters. The summed E-state index contributed by atoms with van der Waals surface area (Å²) in [5.41, 5.74) is -0.0665. The molecule has 0 saturated heterocycles. The fourth-order valence-electron chi connectivity index (χ4n) is 7.71. The van der Waals surface area contributed by atoms with Gasteiger partial charge in [-0.15, -0.1) is 0 Å². The Bertz CT molecular complexity index is 1150. The SMILES string of the molecule is CCCCCC(CCCCC)COC(=O)CCCCCCCN(CCCCCCCC(=O)OCCC(CCCC)CCCC)CCCNc1c(NC)c(=O)c1=O. The first-order valence-corrected chi connectivity index (χ1v) is 23.6. The van der Waals surface area contributed by atoms with Crippen LogP contribution in [0, 0.1) is 11.8 Å². The predicted molar refractivity (Wildman–Crippen MR) is 237 cm³/mol. The van der Waals surface area contributed by atoms with E-state index in [9.17, 15) is 19.2 Å². The van der Waals surface area contributed by atoms with Crippen LogP contribution in [0.15, 0.2) is 9.59 Å². The van der Waals surface area contributed by atoms with E-state index < -0.39 is 10.9 Å². The molecular weight excluding hydrogens is 703 g/mol. The highest BCUT2D eigenvalue weighted by atomic mass is 16.5. The molecule has 0 bridgehead atoms. The third-order valence-corrected chi connectivity index (χ3v) is 11.5. The van der Waals surface area contributed by atoms with E-state index >= 15 is 0 Å². The summed E-state index contributed by atoms with van der Waals surface area (Å²) in [6, 6.07) is 0. The fraction of sp³-hybridized carbons (Fsp3) is 0.872. The molecule has 0 heterocycles. The highest BCUT2D eigenvalue weighted by molar-refractivity contribution is 5.73. The molecule has 0 aliphatic rings. The molecule has 9 nitrogen and oxygen atoms in total. The number of nitrogens with zero attached hydrogens (tertiary/aromatic N) is 1.